The first kappa shape index (κ1) is 17.2. The highest BCUT2D eigenvalue weighted by molar-refractivity contribution is 7.89. The third-order valence-electron chi connectivity index (χ3n) is 3.06. The maximum absolute atomic E-state index is 12.1. The average molecular weight is 355 g/mol. The smallest absolute Gasteiger partial charge is 0.255 e. The van der Waals surface area contributed by atoms with Crippen molar-refractivity contribution in [3.05, 3.63) is 52.7 Å². The number of aromatic nitrogens is 1. The highest BCUT2D eigenvalue weighted by atomic mass is 35.5. The molecule has 23 heavy (non-hydrogen) atoms. The van der Waals surface area contributed by atoms with Gasteiger partial charge in [0.05, 0.1) is 15.5 Å². The predicted octanol–water partition coefficient (Wildman–Crippen LogP) is 1.16. The molecule has 0 bridgehead atoms. The van der Waals surface area contributed by atoms with E-state index in [1.165, 1.54) is 31.4 Å². The molecule has 1 aromatic carbocycles. The highest BCUT2D eigenvalue weighted by Crippen LogP contribution is 2.15. The number of carbonyl (C=O) groups is 1. The minimum atomic E-state index is -3.53. The van der Waals surface area contributed by atoms with Crippen molar-refractivity contribution in [2.75, 3.05) is 12.8 Å². The zero-order valence-electron chi connectivity index (χ0n) is 12.2. The second kappa shape index (κ2) is 6.95. The molecule has 0 radical (unpaired) electrons. The van der Waals surface area contributed by atoms with Gasteiger partial charge in [-0.1, -0.05) is 23.7 Å². The molecule has 0 aliphatic carbocycles. The fourth-order valence-electron chi connectivity index (χ4n) is 1.85. The van der Waals surface area contributed by atoms with Gasteiger partial charge in [0.15, 0.2) is 0 Å². The van der Waals surface area contributed by atoms with Gasteiger partial charge in [0.2, 0.25) is 10.0 Å². The second-order valence-corrected chi connectivity index (χ2v) is 6.95. The molecule has 2 aromatic rings. The van der Waals surface area contributed by atoms with E-state index in [1.807, 2.05) is 0 Å². The van der Waals surface area contributed by atoms with Crippen LogP contribution in [0.25, 0.3) is 0 Å². The third kappa shape index (κ3) is 4.19. The first-order chi connectivity index (χ1) is 10.8. The van der Waals surface area contributed by atoms with E-state index in [-0.39, 0.29) is 22.8 Å². The Bertz CT molecular complexity index is 840. The molecule has 4 N–H and O–H groups in total. The lowest BCUT2D eigenvalue weighted by Crippen LogP contribution is -2.24. The van der Waals surface area contributed by atoms with Crippen molar-refractivity contribution in [1.29, 1.82) is 0 Å². The van der Waals surface area contributed by atoms with Crippen molar-refractivity contribution >= 4 is 33.3 Å². The summed E-state index contributed by atoms with van der Waals surface area (Å²) in [5.41, 5.74) is 6.43. The third-order valence-corrected chi connectivity index (χ3v) is 4.68. The van der Waals surface area contributed by atoms with E-state index in [1.54, 1.807) is 12.1 Å². The van der Waals surface area contributed by atoms with E-state index >= 15 is 0 Å². The summed E-state index contributed by atoms with van der Waals surface area (Å²) in [4.78, 5) is 16.0. The molecule has 0 saturated heterocycles. The molecule has 2 rings (SSSR count). The SMILES string of the molecule is CNS(=O)(=O)c1cccc(CNC(=O)c2cc(Cl)cnc2N)c1. The van der Waals surface area contributed by atoms with Crippen molar-refractivity contribution in [2.24, 2.45) is 0 Å². The lowest BCUT2D eigenvalue weighted by molar-refractivity contribution is 0.0951. The zero-order valence-corrected chi connectivity index (χ0v) is 13.8. The van der Waals surface area contributed by atoms with Crippen molar-refractivity contribution in [2.45, 2.75) is 11.4 Å². The molecule has 0 fully saturated rings. The quantitative estimate of drug-likeness (QED) is 0.745. The van der Waals surface area contributed by atoms with Gasteiger partial charge in [-0.05, 0) is 30.8 Å². The number of amides is 1. The van der Waals surface area contributed by atoms with Gasteiger partial charge < -0.3 is 11.1 Å². The molecule has 0 saturated carbocycles. The van der Waals surface area contributed by atoms with Crippen LogP contribution < -0.4 is 15.8 Å². The van der Waals surface area contributed by atoms with Crippen LogP contribution in [-0.2, 0) is 16.6 Å². The largest absolute Gasteiger partial charge is 0.383 e. The molecule has 0 aliphatic rings. The number of nitrogens with two attached hydrogens (primary N) is 1. The molecule has 122 valence electrons. The molecule has 0 aliphatic heterocycles. The van der Waals surface area contributed by atoms with Gasteiger partial charge in [0, 0.05) is 12.7 Å². The summed E-state index contributed by atoms with van der Waals surface area (Å²) in [5, 5.41) is 2.94. The Labute approximate surface area is 138 Å². The number of pyridine rings is 1. The number of hydrogen-bond acceptors (Lipinski definition) is 5. The van der Waals surface area contributed by atoms with Crippen LogP contribution in [0.15, 0.2) is 41.4 Å². The number of rotatable bonds is 5. The summed E-state index contributed by atoms with van der Waals surface area (Å²) in [7, 11) is -2.20. The van der Waals surface area contributed by atoms with Crippen LogP contribution >= 0.6 is 11.6 Å². The van der Waals surface area contributed by atoms with Gasteiger partial charge in [-0.15, -0.1) is 0 Å². The summed E-state index contributed by atoms with van der Waals surface area (Å²) >= 11 is 5.79. The minimum Gasteiger partial charge on any atom is -0.383 e. The summed E-state index contributed by atoms with van der Waals surface area (Å²) in [6.45, 7) is 0.137. The van der Waals surface area contributed by atoms with E-state index in [0.717, 1.165) is 0 Å². The van der Waals surface area contributed by atoms with Crippen LogP contribution in [0.4, 0.5) is 5.82 Å². The molecule has 1 heterocycles. The van der Waals surface area contributed by atoms with Gasteiger partial charge in [-0.2, -0.15) is 0 Å². The highest BCUT2D eigenvalue weighted by Gasteiger charge is 2.13. The Balaban J connectivity index is 2.14. The molecular formula is C14H15ClN4O3S. The standard InChI is InChI=1S/C14H15ClN4O3S/c1-17-23(21,22)11-4-2-3-9(5-11)7-19-14(20)12-6-10(15)8-18-13(12)16/h2-6,8,17H,7H2,1H3,(H2,16,18)(H,19,20). The number of halogens is 1. The molecule has 0 spiro atoms. The van der Waals surface area contributed by atoms with Crippen LogP contribution in [0, 0.1) is 0 Å². The Morgan fingerprint density at radius 2 is 2.09 bits per heavy atom. The number of benzene rings is 1. The number of nitrogens with zero attached hydrogens (tertiary/aromatic N) is 1. The fourth-order valence-corrected chi connectivity index (χ4v) is 2.81. The average Bonchev–Trinajstić information content (AvgIpc) is 2.55. The topological polar surface area (TPSA) is 114 Å². The number of nitrogens with one attached hydrogen (secondary N) is 2. The van der Waals surface area contributed by atoms with Crippen LogP contribution in [0.5, 0.6) is 0 Å². The Morgan fingerprint density at radius 3 is 2.78 bits per heavy atom. The molecule has 1 amide bonds. The van der Waals surface area contributed by atoms with Crippen molar-refractivity contribution in [3.8, 4) is 0 Å². The number of nitrogen functional groups attached to an aromatic ring is 1. The molecule has 0 unspecified atom stereocenters. The van der Waals surface area contributed by atoms with Crippen LogP contribution in [-0.4, -0.2) is 26.4 Å². The normalized spacial score (nSPS) is 11.2. The van der Waals surface area contributed by atoms with Crippen LogP contribution in [0.1, 0.15) is 15.9 Å². The maximum Gasteiger partial charge on any atom is 0.255 e. The lowest BCUT2D eigenvalue weighted by Gasteiger charge is -2.09. The van der Waals surface area contributed by atoms with Gasteiger partial charge in [-0.25, -0.2) is 18.1 Å². The van der Waals surface area contributed by atoms with Gasteiger partial charge >= 0.3 is 0 Å². The first-order valence-corrected chi connectivity index (χ1v) is 8.41. The summed E-state index contributed by atoms with van der Waals surface area (Å²) in [6.07, 6.45) is 1.35. The zero-order chi connectivity index (χ0) is 17.0. The molecule has 1 aromatic heterocycles. The van der Waals surface area contributed by atoms with Crippen LogP contribution in [0.2, 0.25) is 5.02 Å². The molecule has 9 heteroatoms. The minimum absolute atomic E-state index is 0.0680. The number of hydrogen-bond donors (Lipinski definition) is 3. The summed E-state index contributed by atoms with van der Waals surface area (Å²) < 4.78 is 25.7. The van der Waals surface area contributed by atoms with E-state index in [2.05, 4.69) is 15.0 Å². The number of carbonyl (C=O) groups excluding carboxylic acids is 1. The Kier molecular flexibility index (Phi) is 5.19. The van der Waals surface area contributed by atoms with Crippen LogP contribution in [0.3, 0.4) is 0 Å². The summed E-state index contributed by atoms with van der Waals surface area (Å²) in [6, 6.07) is 7.67. The second-order valence-electron chi connectivity index (χ2n) is 4.62. The van der Waals surface area contributed by atoms with E-state index in [9.17, 15) is 13.2 Å². The van der Waals surface area contributed by atoms with E-state index < -0.39 is 15.9 Å². The monoisotopic (exact) mass is 354 g/mol. The number of sulfonamides is 1. The van der Waals surface area contributed by atoms with Crippen molar-refractivity contribution in [3.63, 3.8) is 0 Å². The van der Waals surface area contributed by atoms with Crippen molar-refractivity contribution < 1.29 is 13.2 Å². The first-order valence-electron chi connectivity index (χ1n) is 6.55. The number of anilines is 1. The predicted molar refractivity (Wildman–Crippen MR) is 87.5 cm³/mol. The Hall–Kier alpha value is -2.16. The van der Waals surface area contributed by atoms with Gasteiger partial charge in [0.1, 0.15) is 5.82 Å². The Morgan fingerprint density at radius 1 is 1.35 bits per heavy atom. The van der Waals surface area contributed by atoms with E-state index in [4.69, 9.17) is 17.3 Å². The summed E-state index contributed by atoms with van der Waals surface area (Å²) in [5.74, 6) is -0.377. The molecule has 0 atom stereocenters. The molecule has 7 nitrogen and oxygen atoms in total. The lowest BCUT2D eigenvalue weighted by atomic mass is 10.2. The van der Waals surface area contributed by atoms with Gasteiger partial charge in [0.25, 0.3) is 5.91 Å². The molecular weight excluding hydrogens is 340 g/mol. The van der Waals surface area contributed by atoms with Crippen molar-refractivity contribution in [1.82, 2.24) is 15.0 Å². The maximum atomic E-state index is 12.1. The van der Waals surface area contributed by atoms with E-state index in [0.29, 0.717) is 10.6 Å². The van der Waals surface area contributed by atoms with Gasteiger partial charge in [-0.3, -0.25) is 4.79 Å². The fraction of sp³-hybridized carbons (Fsp3) is 0.143.